The van der Waals surface area contributed by atoms with Crippen molar-refractivity contribution in [2.45, 2.75) is 58.8 Å². The maximum absolute atomic E-state index is 5.93. The lowest BCUT2D eigenvalue weighted by Crippen LogP contribution is -2.23. The predicted octanol–water partition coefficient (Wildman–Crippen LogP) is 4.53. The number of unbranched alkanes of at least 4 members (excludes halogenated alkanes) is 3. The summed E-state index contributed by atoms with van der Waals surface area (Å²) in [6, 6.07) is 8.36. The Morgan fingerprint density at radius 3 is 2.45 bits per heavy atom. The molecule has 0 bridgehead atoms. The topological polar surface area (TPSA) is 21.3 Å². The number of hydrogen-bond acceptors (Lipinski definition) is 2. The fourth-order valence-electron chi connectivity index (χ4n) is 2.25. The summed E-state index contributed by atoms with van der Waals surface area (Å²) in [4.78, 5) is 0. The summed E-state index contributed by atoms with van der Waals surface area (Å²) in [5, 5.41) is 3.45. The summed E-state index contributed by atoms with van der Waals surface area (Å²) in [6.45, 7) is 11.7. The SMILES string of the molecule is CCCCCCNCCOc1ccccc1C(C)(C)C. The average Bonchev–Trinajstić information content (AvgIpc) is 2.41. The van der Waals surface area contributed by atoms with E-state index in [0.717, 1.165) is 25.4 Å². The molecule has 0 atom stereocenters. The van der Waals surface area contributed by atoms with E-state index in [-0.39, 0.29) is 5.41 Å². The zero-order valence-corrected chi connectivity index (χ0v) is 13.7. The van der Waals surface area contributed by atoms with Crippen LogP contribution in [0.15, 0.2) is 24.3 Å². The molecule has 0 aromatic heterocycles. The van der Waals surface area contributed by atoms with Gasteiger partial charge in [-0.15, -0.1) is 0 Å². The highest BCUT2D eigenvalue weighted by Crippen LogP contribution is 2.30. The van der Waals surface area contributed by atoms with Gasteiger partial charge in [0.15, 0.2) is 0 Å². The number of nitrogens with one attached hydrogen (secondary N) is 1. The molecule has 0 aliphatic rings. The van der Waals surface area contributed by atoms with Gasteiger partial charge in [-0.05, 0) is 30.0 Å². The van der Waals surface area contributed by atoms with Crippen molar-refractivity contribution in [1.29, 1.82) is 0 Å². The normalized spacial score (nSPS) is 11.6. The Balaban J connectivity index is 2.26. The Hall–Kier alpha value is -1.02. The molecule has 0 radical (unpaired) electrons. The van der Waals surface area contributed by atoms with Gasteiger partial charge >= 0.3 is 0 Å². The third-order valence-corrected chi connectivity index (χ3v) is 3.44. The van der Waals surface area contributed by atoms with Crippen LogP contribution >= 0.6 is 0 Å². The molecule has 1 rings (SSSR count). The third kappa shape index (κ3) is 6.42. The molecule has 0 aliphatic carbocycles. The third-order valence-electron chi connectivity index (χ3n) is 3.44. The van der Waals surface area contributed by atoms with Crippen LogP contribution in [0.3, 0.4) is 0 Å². The van der Waals surface area contributed by atoms with E-state index in [1.54, 1.807) is 0 Å². The van der Waals surface area contributed by atoms with Crippen LogP contribution < -0.4 is 10.1 Å². The van der Waals surface area contributed by atoms with Crippen LogP contribution in [-0.4, -0.2) is 19.7 Å². The maximum atomic E-state index is 5.93. The number of ether oxygens (including phenoxy) is 1. The molecular weight excluding hydrogens is 246 g/mol. The number of para-hydroxylation sites is 1. The molecule has 1 aromatic carbocycles. The zero-order valence-electron chi connectivity index (χ0n) is 13.7. The lowest BCUT2D eigenvalue weighted by Gasteiger charge is -2.22. The van der Waals surface area contributed by atoms with Crippen molar-refractivity contribution in [3.8, 4) is 5.75 Å². The number of benzene rings is 1. The van der Waals surface area contributed by atoms with Crippen LogP contribution in [0.4, 0.5) is 0 Å². The first-order valence-electron chi connectivity index (χ1n) is 7.98. The second kappa shape index (κ2) is 9.02. The molecule has 0 heterocycles. The fourth-order valence-corrected chi connectivity index (χ4v) is 2.25. The summed E-state index contributed by atoms with van der Waals surface area (Å²) >= 11 is 0. The van der Waals surface area contributed by atoms with Gasteiger partial charge in [0.2, 0.25) is 0 Å². The maximum Gasteiger partial charge on any atom is 0.123 e. The van der Waals surface area contributed by atoms with Gasteiger partial charge in [0, 0.05) is 6.54 Å². The Morgan fingerprint density at radius 2 is 1.75 bits per heavy atom. The van der Waals surface area contributed by atoms with Crippen molar-refractivity contribution in [2.75, 3.05) is 19.7 Å². The van der Waals surface area contributed by atoms with Gasteiger partial charge in [0.25, 0.3) is 0 Å². The van der Waals surface area contributed by atoms with E-state index in [1.807, 2.05) is 6.07 Å². The highest BCUT2D eigenvalue weighted by Gasteiger charge is 2.17. The first kappa shape index (κ1) is 17.0. The summed E-state index contributed by atoms with van der Waals surface area (Å²) in [5.41, 5.74) is 1.41. The van der Waals surface area contributed by atoms with Crippen LogP contribution in [0.25, 0.3) is 0 Å². The lowest BCUT2D eigenvalue weighted by molar-refractivity contribution is 0.305. The van der Waals surface area contributed by atoms with E-state index in [2.05, 4.69) is 51.2 Å². The molecule has 2 heteroatoms. The summed E-state index contributed by atoms with van der Waals surface area (Å²) in [6.07, 6.45) is 5.24. The Labute approximate surface area is 124 Å². The van der Waals surface area contributed by atoms with Crippen LogP contribution in [0, 0.1) is 0 Å². The molecule has 0 spiro atoms. The van der Waals surface area contributed by atoms with Gasteiger partial charge < -0.3 is 10.1 Å². The van der Waals surface area contributed by atoms with Crippen LogP contribution in [0.1, 0.15) is 58.9 Å². The average molecular weight is 277 g/mol. The lowest BCUT2D eigenvalue weighted by atomic mass is 9.86. The smallest absolute Gasteiger partial charge is 0.123 e. The van der Waals surface area contributed by atoms with Crippen LogP contribution in [0.2, 0.25) is 0 Å². The van der Waals surface area contributed by atoms with Crippen molar-refractivity contribution >= 4 is 0 Å². The quantitative estimate of drug-likeness (QED) is 0.669. The van der Waals surface area contributed by atoms with Gasteiger partial charge in [0.05, 0.1) is 0 Å². The highest BCUT2D eigenvalue weighted by molar-refractivity contribution is 5.38. The Bertz CT molecular complexity index is 368. The van der Waals surface area contributed by atoms with Crippen molar-refractivity contribution in [1.82, 2.24) is 5.32 Å². The molecule has 0 fully saturated rings. The first-order valence-corrected chi connectivity index (χ1v) is 7.98. The summed E-state index contributed by atoms with van der Waals surface area (Å²) in [7, 11) is 0. The minimum absolute atomic E-state index is 0.129. The molecule has 0 saturated heterocycles. The van der Waals surface area contributed by atoms with E-state index in [0.29, 0.717) is 0 Å². The molecule has 1 aromatic rings. The van der Waals surface area contributed by atoms with E-state index < -0.39 is 0 Å². The van der Waals surface area contributed by atoms with Crippen molar-refractivity contribution < 1.29 is 4.74 Å². The standard InChI is InChI=1S/C18H31NO/c1-5-6-7-10-13-19-14-15-20-17-12-9-8-11-16(17)18(2,3)4/h8-9,11-12,19H,5-7,10,13-15H2,1-4H3. The van der Waals surface area contributed by atoms with Gasteiger partial charge in [-0.3, -0.25) is 0 Å². The fraction of sp³-hybridized carbons (Fsp3) is 0.667. The predicted molar refractivity (Wildman–Crippen MR) is 87.6 cm³/mol. The zero-order chi connectivity index (χ0) is 14.8. The van der Waals surface area contributed by atoms with E-state index >= 15 is 0 Å². The second-order valence-corrected chi connectivity index (χ2v) is 6.41. The summed E-state index contributed by atoms with van der Waals surface area (Å²) < 4.78 is 5.93. The van der Waals surface area contributed by atoms with Crippen molar-refractivity contribution in [2.24, 2.45) is 0 Å². The highest BCUT2D eigenvalue weighted by atomic mass is 16.5. The largest absolute Gasteiger partial charge is 0.492 e. The molecule has 0 unspecified atom stereocenters. The monoisotopic (exact) mass is 277 g/mol. The van der Waals surface area contributed by atoms with Crippen LogP contribution in [0.5, 0.6) is 5.75 Å². The van der Waals surface area contributed by atoms with Crippen molar-refractivity contribution in [3.63, 3.8) is 0 Å². The minimum atomic E-state index is 0.129. The summed E-state index contributed by atoms with van der Waals surface area (Å²) in [5.74, 6) is 1.02. The molecule has 114 valence electrons. The van der Waals surface area contributed by atoms with E-state index in [9.17, 15) is 0 Å². The molecule has 1 N–H and O–H groups in total. The molecule has 0 amide bonds. The molecule has 2 nitrogen and oxygen atoms in total. The van der Waals surface area contributed by atoms with Gasteiger partial charge in [-0.1, -0.05) is 65.2 Å². The van der Waals surface area contributed by atoms with Crippen molar-refractivity contribution in [3.05, 3.63) is 29.8 Å². The number of rotatable bonds is 9. The van der Waals surface area contributed by atoms with Gasteiger partial charge in [0.1, 0.15) is 12.4 Å². The molecular formula is C18H31NO. The first-order chi connectivity index (χ1) is 9.55. The van der Waals surface area contributed by atoms with Gasteiger partial charge in [-0.25, -0.2) is 0 Å². The molecule has 0 aliphatic heterocycles. The van der Waals surface area contributed by atoms with Crippen LogP contribution in [-0.2, 0) is 5.41 Å². The minimum Gasteiger partial charge on any atom is -0.492 e. The number of hydrogen-bond donors (Lipinski definition) is 1. The second-order valence-electron chi connectivity index (χ2n) is 6.41. The molecule has 0 saturated carbocycles. The van der Waals surface area contributed by atoms with E-state index in [4.69, 9.17) is 4.74 Å². The Kier molecular flexibility index (Phi) is 7.68. The Morgan fingerprint density at radius 1 is 1.00 bits per heavy atom. The van der Waals surface area contributed by atoms with E-state index in [1.165, 1.54) is 31.2 Å². The van der Waals surface area contributed by atoms with Gasteiger partial charge in [-0.2, -0.15) is 0 Å². The molecule has 20 heavy (non-hydrogen) atoms.